The molecule has 2 aliphatic rings. The van der Waals surface area contributed by atoms with Crippen LogP contribution in [-0.4, -0.2) is 29.9 Å². The Morgan fingerprint density at radius 1 is 1.31 bits per heavy atom. The number of piperidine rings is 1. The Morgan fingerprint density at radius 2 is 2.07 bits per heavy atom. The zero-order chi connectivity index (χ0) is 20.2. The highest BCUT2D eigenvalue weighted by atomic mass is 32.2. The largest absolute Gasteiger partial charge is 0.355 e. The minimum Gasteiger partial charge on any atom is -0.355 e. The molecule has 0 unspecified atom stereocenters. The molecule has 4 rings (SSSR count). The van der Waals surface area contributed by atoms with Crippen molar-refractivity contribution in [2.24, 2.45) is 5.92 Å². The number of hydrogen-bond donors (Lipinski definition) is 2. The lowest BCUT2D eigenvalue weighted by Crippen LogP contribution is -2.39. The van der Waals surface area contributed by atoms with Crippen molar-refractivity contribution >= 4 is 29.6 Å². The van der Waals surface area contributed by atoms with Gasteiger partial charge in [-0.25, -0.2) is 4.98 Å². The molecule has 0 radical (unpaired) electrons. The van der Waals surface area contributed by atoms with Crippen LogP contribution in [-0.2, 0) is 17.1 Å². The van der Waals surface area contributed by atoms with Gasteiger partial charge in [-0.2, -0.15) is 5.26 Å². The lowest BCUT2D eigenvalue weighted by molar-refractivity contribution is -0.123. The van der Waals surface area contributed by atoms with Crippen LogP contribution in [0.3, 0.4) is 0 Å². The van der Waals surface area contributed by atoms with Crippen LogP contribution in [0.15, 0.2) is 36.4 Å². The standard InChI is InChI=1S/C21H21N5O2S/c22-11-16-10-17-18(12-23-21(17)28)24-19(16)26-8-6-15(7-9-26)20(27)25-29-13-14-4-2-1-3-5-14/h1-5,10,15H,6-9,12-13H2,(H,23,28)(H,25,27). The van der Waals surface area contributed by atoms with Crippen molar-refractivity contribution in [3.05, 3.63) is 58.8 Å². The summed E-state index contributed by atoms with van der Waals surface area (Å²) in [6.07, 6.45) is 1.41. The molecule has 0 bridgehead atoms. The quantitative estimate of drug-likeness (QED) is 0.739. The maximum absolute atomic E-state index is 12.5. The number of carbonyl (C=O) groups is 2. The summed E-state index contributed by atoms with van der Waals surface area (Å²) in [6, 6.07) is 13.8. The molecule has 2 aliphatic heterocycles. The number of hydrogen-bond acceptors (Lipinski definition) is 6. The lowest BCUT2D eigenvalue weighted by atomic mass is 9.96. The average Bonchev–Trinajstić information content (AvgIpc) is 3.13. The summed E-state index contributed by atoms with van der Waals surface area (Å²) in [5.74, 6) is 1.18. The number of nitrogens with one attached hydrogen (secondary N) is 2. The van der Waals surface area contributed by atoms with Crippen molar-refractivity contribution < 1.29 is 9.59 Å². The van der Waals surface area contributed by atoms with E-state index in [0.717, 1.165) is 5.75 Å². The fourth-order valence-electron chi connectivity index (χ4n) is 3.66. The molecule has 0 saturated carbocycles. The van der Waals surface area contributed by atoms with Crippen molar-refractivity contribution in [1.29, 1.82) is 5.26 Å². The first kappa shape index (κ1) is 19.3. The molecule has 1 saturated heterocycles. The second-order valence-electron chi connectivity index (χ2n) is 7.15. The van der Waals surface area contributed by atoms with Gasteiger partial charge in [0.25, 0.3) is 5.91 Å². The number of carbonyl (C=O) groups excluding carboxylic acids is 2. The molecule has 3 heterocycles. The molecule has 0 spiro atoms. The smallest absolute Gasteiger partial charge is 0.253 e. The summed E-state index contributed by atoms with van der Waals surface area (Å²) in [6.45, 7) is 1.71. The van der Waals surface area contributed by atoms with E-state index in [9.17, 15) is 14.9 Å². The van der Waals surface area contributed by atoms with Crippen LogP contribution in [0, 0.1) is 17.2 Å². The van der Waals surface area contributed by atoms with E-state index in [0.29, 0.717) is 55.1 Å². The van der Waals surface area contributed by atoms with Crippen LogP contribution in [0.25, 0.3) is 0 Å². The first-order valence-corrected chi connectivity index (χ1v) is 10.6. The fourth-order valence-corrected chi connectivity index (χ4v) is 4.40. The normalized spacial score (nSPS) is 16.1. The first-order valence-electron chi connectivity index (χ1n) is 9.58. The van der Waals surface area contributed by atoms with Crippen molar-refractivity contribution in [2.75, 3.05) is 18.0 Å². The molecule has 1 aromatic heterocycles. The molecule has 2 amide bonds. The molecule has 0 aliphatic carbocycles. The number of amides is 2. The summed E-state index contributed by atoms with van der Waals surface area (Å²) < 4.78 is 2.96. The van der Waals surface area contributed by atoms with Gasteiger partial charge in [0.15, 0.2) is 0 Å². The van der Waals surface area contributed by atoms with Gasteiger partial charge in [0, 0.05) is 24.8 Å². The Labute approximate surface area is 173 Å². The third-order valence-electron chi connectivity index (χ3n) is 5.28. The molecular weight excluding hydrogens is 386 g/mol. The molecule has 2 aromatic rings. The number of pyridine rings is 1. The van der Waals surface area contributed by atoms with E-state index in [-0.39, 0.29) is 17.7 Å². The zero-order valence-electron chi connectivity index (χ0n) is 15.9. The van der Waals surface area contributed by atoms with E-state index < -0.39 is 0 Å². The Morgan fingerprint density at radius 3 is 2.79 bits per heavy atom. The van der Waals surface area contributed by atoms with Crippen molar-refractivity contribution in [2.45, 2.75) is 25.1 Å². The van der Waals surface area contributed by atoms with E-state index in [1.165, 1.54) is 17.5 Å². The molecule has 148 valence electrons. The molecule has 0 atom stereocenters. The maximum atomic E-state index is 12.5. The summed E-state index contributed by atoms with van der Waals surface area (Å²) in [7, 11) is 0. The molecule has 7 nitrogen and oxygen atoms in total. The van der Waals surface area contributed by atoms with Crippen molar-refractivity contribution in [1.82, 2.24) is 15.0 Å². The zero-order valence-corrected chi connectivity index (χ0v) is 16.7. The Hall–Kier alpha value is -3.05. The van der Waals surface area contributed by atoms with Gasteiger partial charge in [-0.3, -0.25) is 14.3 Å². The lowest BCUT2D eigenvalue weighted by Gasteiger charge is -2.32. The highest BCUT2D eigenvalue weighted by Gasteiger charge is 2.29. The molecule has 1 fully saturated rings. The van der Waals surface area contributed by atoms with Gasteiger partial charge in [0.2, 0.25) is 5.91 Å². The Kier molecular flexibility index (Phi) is 5.67. The summed E-state index contributed by atoms with van der Waals surface area (Å²) >= 11 is 1.42. The number of fused-ring (bicyclic) bond motifs is 1. The topological polar surface area (TPSA) is 98.1 Å². The van der Waals surface area contributed by atoms with Gasteiger partial charge in [-0.1, -0.05) is 30.3 Å². The van der Waals surface area contributed by atoms with Gasteiger partial charge < -0.3 is 10.2 Å². The highest BCUT2D eigenvalue weighted by Crippen LogP contribution is 2.28. The molecule has 2 N–H and O–H groups in total. The van der Waals surface area contributed by atoms with Crippen LogP contribution in [0.1, 0.15) is 40.0 Å². The first-order chi connectivity index (χ1) is 14.2. The van der Waals surface area contributed by atoms with Crippen LogP contribution >= 0.6 is 11.9 Å². The average molecular weight is 407 g/mol. The van der Waals surface area contributed by atoms with Gasteiger partial charge in [-0.15, -0.1) is 0 Å². The minimum atomic E-state index is -0.182. The van der Waals surface area contributed by atoms with E-state index in [2.05, 4.69) is 21.1 Å². The number of benzene rings is 1. The molecule has 29 heavy (non-hydrogen) atoms. The predicted molar refractivity (Wildman–Crippen MR) is 111 cm³/mol. The predicted octanol–water partition coefficient (Wildman–Crippen LogP) is 2.38. The van der Waals surface area contributed by atoms with Gasteiger partial charge in [-0.05, 0) is 36.4 Å². The van der Waals surface area contributed by atoms with E-state index in [1.807, 2.05) is 35.2 Å². The minimum absolute atomic E-state index is 0.0438. The van der Waals surface area contributed by atoms with Crippen LogP contribution in [0.2, 0.25) is 0 Å². The van der Waals surface area contributed by atoms with Gasteiger partial charge >= 0.3 is 0 Å². The van der Waals surface area contributed by atoms with E-state index in [4.69, 9.17) is 0 Å². The number of nitrogens with zero attached hydrogens (tertiary/aromatic N) is 3. The second-order valence-corrected chi connectivity index (χ2v) is 7.93. The summed E-state index contributed by atoms with van der Waals surface area (Å²) in [5, 5.41) is 12.2. The van der Waals surface area contributed by atoms with E-state index in [1.54, 1.807) is 6.07 Å². The Balaban J connectivity index is 1.33. The number of aromatic nitrogens is 1. The van der Waals surface area contributed by atoms with Gasteiger partial charge in [0.05, 0.1) is 23.4 Å². The monoisotopic (exact) mass is 407 g/mol. The molecule has 1 aromatic carbocycles. The van der Waals surface area contributed by atoms with Crippen LogP contribution in [0.5, 0.6) is 0 Å². The highest BCUT2D eigenvalue weighted by molar-refractivity contribution is 7.97. The van der Waals surface area contributed by atoms with Crippen LogP contribution in [0.4, 0.5) is 5.82 Å². The third kappa shape index (κ3) is 4.20. The SMILES string of the molecule is N#Cc1cc2c(nc1N1CCC(C(=O)NSCc3ccccc3)CC1)CNC2=O. The number of nitriles is 1. The fraction of sp³-hybridized carbons (Fsp3) is 0.333. The molecule has 8 heteroatoms. The number of anilines is 1. The molecular formula is C21H21N5O2S. The van der Waals surface area contributed by atoms with Gasteiger partial charge in [0.1, 0.15) is 11.9 Å². The Bertz CT molecular complexity index is 965. The third-order valence-corrected chi connectivity index (χ3v) is 6.11. The second kappa shape index (κ2) is 8.53. The van der Waals surface area contributed by atoms with Crippen LogP contribution < -0.4 is 14.9 Å². The summed E-state index contributed by atoms with van der Waals surface area (Å²) in [5.41, 5.74) is 2.74. The maximum Gasteiger partial charge on any atom is 0.253 e. The number of rotatable bonds is 5. The van der Waals surface area contributed by atoms with Crippen molar-refractivity contribution in [3.8, 4) is 6.07 Å². The van der Waals surface area contributed by atoms with Crippen molar-refractivity contribution in [3.63, 3.8) is 0 Å². The van der Waals surface area contributed by atoms with E-state index >= 15 is 0 Å². The summed E-state index contributed by atoms with van der Waals surface area (Å²) in [4.78, 5) is 30.9.